The van der Waals surface area contributed by atoms with Gasteiger partial charge in [0.15, 0.2) is 0 Å². The zero-order valence-electron chi connectivity index (χ0n) is 41.4. The molecule has 1 saturated carbocycles. The van der Waals surface area contributed by atoms with Crippen LogP contribution in [0.3, 0.4) is 0 Å². The minimum atomic E-state index is -5.12. The van der Waals surface area contributed by atoms with E-state index in [0.29, 0.717) is 12.8 Å². The predicted octanol–water partition coefficient (Wildman–Crippen LogP) is 10.4. The van der Waals surface area contributed by atoms with Crippen LogP contribution in [0.15, 0.2) is 0 Å². The first kappa shape index (κ1) is 62.3. The Morgan fingerprint density at radius 1 is 0.477 bits per heavy atom. The monoisotopic (exact) mass is 952 g/mol. The summed E-state index contributed by atoms with van der Waals surface area (Å²) < 4.78 is 23.0. The number of phosphoric acid groups is 1. The van der Waals surface area contributed by atoms with Gasteiger partial charge < -0.3 is 46.0 Å². The van der Waals surface area contributed by atoms with Crippen LogP contribution in [0, 0.1) is 0 Å². The number of phosphoric ester groups is 1. The summed E-state index contributed by atoms with van der Waals surface area (Å²) in [7, 11) is -5.12. The molecule has 0 aromatic rings. The van der Waals surface area contributed by atoms with Crippen molar-refractivity contribution < 1.29 is 59.0 Å². The van der Waals surface area contributed by atoms with Crippen LogP contribution in [0.5, 0.6) is 0 Å². The average molecular weight is 952 g/mol. The molecule has 0 saturated heterocycles. The molecular formula is C51H102NO12P. The van der Waals surface area contributed by atoms with Crippen molar-refractivity contribution in [3.05, 3.63) is 0 Å². The molecule has 0 spiro atoms. The van der Waals surface area contributed by atoms with E-state index in [4.69, 9.17) is 9.05 Å². The second-order valence-electron chi connectivity index (χ2n) is 19.6. The Labute approximate surface area is 396 Å². The number of rotatable bonds is 46. The van der Waals surface area contributed by atoms with Gasteiger partial charge in [0.1, 0.15) is 36.6 Å². The van der Waals surface area contributed by atoms with Crippen LogP contribution in [0.2, 0.25) is 0 Å². The van der Waals surface area contributed by atoms with Crippen molar-refractivity contribution in [2.75, 3.05) is 6.61 Å². The summed E-state index contributed by atoms with van der Waals surface area (Å²) in [6.07, 6.45) is 30.1. The topological polar surface area (TPSA) is 226 Å². The standard InChI is InChI=1S/C51H102NO12P/c1-3-5-7-9-11-13-15-17-19-20-21-22-23-24-25-26-28-30-32-34-36-38-42(53)40-45(55)52-43(41-63-65(61,62)64-51-49(59)47(57)46(56)48(58)50(51)60)44(54)39-37-35-33-31-29-27-18-16-14-12-10-8-6-4-2/h42-44,46-51,53-54,56-60H,3-41H2,1-2H3,(H,52,55)(H,61,62). The summed E-state index contributed by atoms with van der Waals surface area (Å²) in [5.41, 5.74) is 0. The Morgan fingerprint density at radius 3 is 1.11 bits per heavy atom. The third-order valence-electron chi connectivity index (χ3n) is 13.5. The zero-order chi connectivity index (χ0) is 48.0. The normalized spacial score (nSPS) is 22.4. The van der Waals surface area contributed by atoms with Crippen molar-refractivity contribution in [2.24, 2.45) is 0 Å². The van der Waals surface area contributed by atoms with Gasteiger partial charge in [-0.3, -0.25) is 13.8 Å². The molecule has 0 aromatic heterocycles. The molecule has 1 amide bonds. The van der Waals surface area contributed by atoms with Crippen LogP contribution < -0.4 is 5.32 Å². The summed E-state index contributed by atoms with van der Waals surface area (Å²) in [6, 6.07) is -1.15. The van der Waals surface area contributed by atoms with Gasteiger partial charge in [-0.1, -0.05) is 239 Å². The second-order valence-corrected chi connectivity index (χ2v) is 21.0. The molecule has 9 N–H and O–H groups in total. The maximum atomic E-state index is 13.1. The minimum absolute atomic E-state index is 0.215. The third kappa shape index (κ3) is 32.7. The van der Waals surface area contributed by atoms with Crippen LogP contribution in [0.25, 0.3) is 0 Å². The predicted molar refractivity (Wildman–Crippen MR) is 261 cm³/mol. The molecule has 8 atom stereocenters. The lowest BCUT2D eigenvalue weighted by Gasteiger charge is -2.41. The first-order chi connectivity index (χ1) is 31.3. The van der Waals surface area contributed by atoms with E-state index in [0.717, 1.165) is 51.4 Å². The summed E-state index contributed by atoms with van der Waals surface area (Å²) in [4.78, 5) is 23.6. The number of unbranched alkanes of at least 4 members (excludes halogenated alkanes) is 33. The van der Waals surface area contributed by atoms with E-state index in [1.807, 2.05) is 0 Å². The van der Waals surface area contributed by atoms with E-state index in [1.165, 1.54) is 167 Å². The molecule has 0 radical (unpaired) electrons. The van der Waals surface area contributed by atoms with Crippen LogP contribution in [-0.4, -0.2) is 108 Å². The summed E-state index contributed by atoms with van der Waals surface area (Å²) >= 11 is 0. The number of hydrogen-bond acceptors (Lipinski definition) is 11. The third-order valence-corrected chi connectivity index (χ3v) is 14.5. The first-order valence-corrected chi connectivity index (χ1v) is 28.6. The average Bonchev–Trinajstić information content (AvgIpc) is 3.28. The zero-order valence-corrected chi connectivity index (χ0v) is 42.3. The Kier molecular flexibility index (Phi) is 39.4. The van der Waals surface area contributed by atoms with Crippen molar-refractivity contribution in [1.82, 2.24) is 5.32 Å². The molecule has 14 heteroatoms. The summed E-state index contributed by atoms with van der Waals surface area (Å²) in [6.45, 7) is 3.82. The highest BCUT2D eigenvalue weighted by Crippen LogP contribution is 2.47. The number of carbonyl (C=O) groups is 1. The largest absolute Gasteiger partial charge is 0.472 e. The van der Waals surface area contributed by atoms with Gasteiger partial charge in [0.25, 0.3) is 0 Å². The van der Waals surface area contributed by atoms with E-state index in [9.17, 15) is 50.0 Å². The number of carbonyl (C=O) groups excluding carboxylic acids is 1. The number of amides is 1. The Balaban J connectivity index is 2.39. The van der Waals surface area contributed by atoms with Gasteiger partial charge in [0, 0.05) is 0 Å². The number of aliphatic hydroxyl groups excluding tert-OH is 7. The smallest absolute Gasteiger partial charge is 0.393 e. The highest BCUT2D eigenvalue weighted by Gasteiger charge is 2.51. The molecule has 0 heterocycles. The molecule has 1 aliphatic rings. The Bertz CT molecular complexity index is 1120. The van der Waals surface area contributed by atoms with Crippen LogP contribution >= 0.6 is 7.82 Å². The molecule has 0 aromatic carbocycles. The summed E-state index contributed by atoms with van der Waals surface area (Å²) in [5, 5.41) is 74.9. The molecular weight excluding hydrogens is 850 g/mol. The van der Waals surface area contributed by atoms with Gasteiger partial charge in [-0.2, -0.15) is 0 Å². The number of hydrogen-bond donors (Lipinski definition) is 9. The van der Waals surface area contributed by atoms with Crippen molar-refractivity contribution in [3.63, 3.8) is 0 Å². The lowest BCUT2D eigenvalue weighted by Crippen LogP contribution is -2.64. The number of aliphatic hydroxyl groups is 7. The van der Waals surface area contributed by atoms with Gasteiger partial charge >= 0.3 is 7.82 Å². The Hall–Kier alpha value is -0.700. The van der Waals surface area contributed by atoms with Gasteiger partial charge in [-0.05, 0) is 12.8 Å². The Morgan fingerprint density at radius 2 is 0.769 bits per heavy atom. The lowest BCUT2D eigenvalue weighted by molar-refractivity contribution is -0.220. The molecule has 65 heavy (non-hydrogen) atoms. The van der Waals surface area contributed by atoms with Crippen molar-refractivity contribution in [3.8, 4) is 0 Å². The molecule has 13 nitrogen and oxygen atoms in total. The number of nitrogens with one attached hydrogen (secondary N) is 1. The van der Waals surface area contributed by atoms with Crippen molar-refractivity contribution in [1.29, 1.82) is 0 Å². The molecule has 1 aliphatic carbocycles. The van der Waals surface area contributed by atoms with Crippen molar-refractivity contribution >= 4 is 13.7 Å². The fourth-order valence-electron chi connectivity index (χ4n) is 9.07. The first-order valence-electron chi connectivity index (χ1n) is 27.1. The SMILES string of the molecule is CCCCCCCCCCCCCCCCCCCCCCCC(O)CC(=O)NC(COP(=O)(O)OC1C(O)C(O)C(O)C(O)C1O)C(O)CCCCCCCCCCCCCCCC. The van der Waals surface area contributed by atoms with E-state index in [2.05, 4.69) is 19.2 Å². The van der Waals surface area contributed by atoms with Crippen LogP contribution in [-0.2, 0) is 18.4 Å². The van der Waals surface area contributed by atoms with Crippen LogP contribution in [0.4, 0.5) is 0 Å². The van der Waals surface area contributed by atoms with Gasteiger partial charge in [-0.25, -0.2) is 4.57 Å². The summed E-state index contributed by atoms with van der Waals surface area (Å²) in [5.74, 6) is -0.554. The highest BCUT2D eigenvalue weighted by atomic mass is 31.2. The quantitative estimate of drug-likeness (QED) is 0.0205. The second kappa shape index (κ2) is 41.1. The van der Waals surface area contributed by atoms with Gasteiger partial charge in [-0.15, -0.1) is 0 Å². The van der Waals surface area contributed by atoms with E-state index in [-0.39, 0.29) is 12.8 Å². The molecule has 0 aliphatic heterocycles. The molecule has 388 valence electrons. The fourth-order valence-corrected chi connectivity index (χ4v) is 10.0. The van der Waals surface area contributed by atoms with E-state index >= 15 is 0 Å². The van der Waals surface area contributed by atoms with Crippen LogP contribution in [0.1, 0.15) is 258 Å². The van der Waals surface area contributed by atoms with Gasteiger partial charge in [0.2, 0.25) is 5.91 Å². The van der Waals surface area contributed by atoms with Crippen molar-refractivity contribution in [2.45, 2.75) is 313 Å². The minimum Gasteiger partial charge on any atom is -0.393 e. The molecule has 8 unspecified atom stereocenters. The maximum Gasteiger partial charge on any atom is 0.472 e. The highest BCUT2D eigenvalue weighted by molar-refractivity contribution is 7.47. The molecule has 0 bridgehead atoms. The van der Waals surface area contributed by atoms with E-state index in [1.54, 1.807) is 0 Å². The van der Waals surface area contributed by atoms with E-state index < -0.39 is 75.2 Å². The fraction of sp³-hybridized carbons (Fsp3) is 0.980. The molecule has 1 fully saturated rings. The molecule has 1 rings (SSSR count). The maximum absolute atomic E-state index is 13.1. The lowest BCUT2D eigenvalue weighted by atomic mass is 9.85. The van der Waals surface area contributed by atoms with Gasteiger partial charge in [0.05, 0.1) is 31.3 Å².